The van der Waals surface area contributed by atoms with E-state index in [0.717, 1.165) is 0 Å². The third-order valence-electron chi connectivity index (χ3n) is 1.63. The van der Waals surface area contributed by atoms with Crippen molar-refractivity contribution in [2.75, 3.05) is 0 Å². The maximum absolute atomic E-state index is 11.8. The summed E-state index contributed by atoms with van der Waals surface area (Å²) >= 11 is 5.50. The molecule has 1 heterocycles. The van der Waals surface area contributed by atoms with Gasteiger partial charge in [0, 0.05) is 13.1 Å². The minimum atomic E-state index is -4.87. The van der Waals surface area contributed by atoms with Crippen LogP contribution in [0.5, 0.6) is 0 Å². The van der Waals surface area contributed by atoms with Crippen molar-refractivity contribution < 1.29 is 18.0 Å². The van der Waals surface area contributed by atoms with E-state index < -0.39 is 12.1 Å². The maximum atomic E-state index is 11.8. The van der Waals surface area contributed by atoms with E-state index in [9.17, 15) is 18.0 Å². The number of alkyl halides is 3. The molecule has 1 N–H and O–H groups in total. The molecule has 0 radical (unpaired) electrons. The second-order valence-electron chi connectivity index (χ2n) is 2.76. The third-order valence-corrected chi connectivity index (χ3v) is 1.82. The Morgan fingerprint density at radius 2 is 2.27 bits per heavy atom. The van der Waals surface area contributed by atoms with E-state index >= 15 is 0 Å². The molecule has 8 heteroatoms. The number of carbonyl (C=O) groups excluding carboxylic acids is 1. The summed E-state index contributed by atoms with van der Waals surface area (Å²) in [5.74, 6) is -1.99. The van der Waals surface area contributed by atoms with Gasteiger partial charge in [0.15, 0.2) is 5.15 Å². The minimum Gasteiger partial charge on any atom is -0.343 e. The molecule has 0 saturated heterocycles. The van der Waals surface area contributed by atoms with Crippen LogP contribution in [0.3, 0.4) is 0 Å². The Morgan fingerprint density at radius 3 is 2.67 bits per heavy atom. The molecule has 0 bridgehead atoms. The molecule has 0 aliphatic heterocycles. The van der Waals surface area contributed by atoms with E-state index in [1.54, 1.807) is 5.32 Å². The highest BCUT2D eigenvalue weighted by Gasteiger charge is 2.38. The van der Waals surface area contributed by atoms with Crippen molar-refractivity contribution in [1.29, 1.82) is 0 Å². The Morgan fingerprint density at radius 1 is 1.67 bits per heavy atom. The van der Waals surface area contributed by atoms with Crippen LogP contribution in [0.2, 0.25) is 5.15 Å². The van der Waals surface area contributed by atoms with Gasteiger partial charge in [-0.1, -0.05) is 11.6 Å². The normalized spacial score (nSPS) is 11.5. The predicted octanol–water partition coefficient (Wildman–Crippen LogP) is 1.25. The number of hydrogen-bond acceptors (Lipinski definition) is 2. The van der Waals surface area contributed by atoms with E-state index in [0.29, 0.717) is 5.69 Å². The molecule has 0 spiro atoms. The lowest BCUT2D eigenvalue weighted by Gasteiger charge is -2.07. The van der Waals surface area contributed by atoms with Gasteiger partial charge >= 0.3 is 12.1 Å². The Balaban J connectivity index is 2.58. The van der Waals surface area contributed by atoms with Crippen LogP contribution in [-0.4, -0.2) is 21.9 Å². The van der Waals surface area contributed by atoms with E-state index in [1.807, 2.05) is 0 Å². The average Bonchev–Trinajstić information content (AvgIpc) is 2.39. The quantitative estimate of drug-likeness (QED) is 0.847. The van der Waals surface area contributed by atoms with Crippen molar-refractivity contribution in [1.82, 2.24) is 15.1 Å². The van der Waals surface area contributed by atoms with E-state index in [-0.39, 0.29) is 11.7 Å². The number of halogens is 4. The molecular weight excluding hydrogens is 235 g/mol. The summed E-state index contributed by atoms with van der Waals surface area (Å²) in [5.41, 5.74) is 0.387. The van der Waals surface area contributed by atoms with Gasteiger partial charge < -0.3 is 5.32 Å². The summed E-state index contributed by atoms with van der Waals surface area (Å²) in [4.78, 5) is 10.5. The van der Waals surface area contributed by atoms with E-state index in [2.05, 4.69) is 5.10 Å². The minimum absolute atomic E-state index is 0.161. The Hall–Kier alpha value is -1.24. The highest BCUT2D eigenvalue weighted by Crippen LogP contribution is 2.15. The lowest BCUT2D eigenvalue weighted by Crippen LogP contribution is -2.36. The lowest BCUT2D eigenvalue weighted by molar-refractivity contribution is -0.173. The third kappa shape index (κ3) is 3.12. The molecule has 84 valence electrons. The molecule has 1 aromatic heterocycles. The van der Waals surface area contributed by atoms with Gasteiger partial charge in [-0.15, -0.1) is 0 Å². The molecule has 0 aliphatic rings. The molecule has 4 nitrogen and oxygen atoms in total. The summed E-state index contributed by atoms with van der Waals surface area (Å²) in [5, 5.41) is 5.57. The first-order chi connectivity index (χ1) is 6.80. The molecule has 0 aliphatic carbocycles. The molecule has 0 fully saturated rings. The molecule has 1 aromatic rings. The molecule has 1 amide bonds. The fourth-order valence-corrected chi connectivity index (χ4v) is 1.14. The Labute approximate surface area is 88.0 Å². The molecular formula is C7H7ClF3N3O. The second-order valence-corrected chi connectivity index (χ2v) is 3.15. The number of nitrogens with zero attached hydrogens (tertiary/aromatic N) is 2. The zero-order valence-electron chi connectivity index (χ0n) is 7.60. The molecule has 1 rings (SSSR count). The van der Waals surface area contributed by atoms with Crippen molar-refractivity contribution in [2.24, 2.45) is 7.05 Å². The zero-order chi connectivity index (χ0) is 11.6. The van der Waals surface area contributed by atoms with Crippen molar-refractivity contribution in [3.8, 4) is 0 Å². The number of carbonyl (C=O) groups is 1. The number of aryl methyl sites for hydroxylation is 1. The molecule has 0 atom stereocenters. The summed E-state index contributed by atoms with van der Waals surface area (Å²) in [6.45, 7) is -0.269. The predicted molar refractivity (Wildman–Crippen MR) is 46.1 cm³/mol. The van der Waals surface area contributed by atoms with Gasteiger partial charge in [-0.3, -0.25) is 9.48 Å². The van der Waals surface area contributed by atoms with Crippen LogP contribution in [-0.2, 0) is 18.4 Å². The van der Waals surface area contributed by atoms with Crippen molar-refractivity contribution in [3.05, 3.63) is 16.9 Å². The number of nitrogens with one attached hydrogen (secondary N) is 1. The van der Waals surface area contributed by atoms with Gasteiger partial charge in [0.25, 0.3) is 0 Å². The number of rotatable bonds is 2. The van der Waals surface area contributed by atoms with Crippen LogP contribution in [0.4, 0.5) is 13.2 Å². The van der Waals surface area contributed by atoms with E-state index in [4.69, 9.17) is 11.6 Å². The summed E-state index contributed by atoms with van der Waals surface area (Å²) in [6, 6.07) is 1.37. The van der Waals surface area contributed by atoms with Gasteiger partial charge in [0.05, 0.1) is 12.2 Å². The fraction of sp³-hybridized carbons (Fsp3) is 0.429. The summed E-state index contributed by atoms with van der Waals surface area (Å²) < 4.78 is 36.7. The number of amides is 1. The molecule has 0 saturated carbocycles. The van der Waals surface area contributed by atoms with Gasteiger partial charge in [-0.25, -0.2) is 0 Å². The monoisotopic (exact) mass is 241 g/mol. The molecule has 15 heavy (non-hydrogen) atoms. The summed E-state index contributed by atoms with van der Waals surface area (Å²) in [6.07, 6.45) is -4.87. The first-order valence-corrected chi connectivity index (χ1v) is 4.22. The van der Waals surface area contributed by atoms with Crippen molar-refractivity contribution in [2.45, 2.75) is 12.7 Å². The maximum Gasteiger partial charge on any atom is 0.471 e. The standard InChI is InChI=1S/C7H7ClF3N3O/c1-14-4(2-5(8)13-14)3-12-6(15)7(9,10)11/h2H,3H2,1H3,(H,12,15). The van der Waals surface area contributed by atoms with Crippen LogP contribution in [0, 0.1) is 0 Å². The average molecular weight is 242 g/mol. The summed E-state index contributed by atoms with van der Waals surface area (Å²) in [7, 11) is 1.51. The lowest BCUT2D eigenvalue weighted by atomic mass is 10.4. The van der Waals surface area contributed by atoms with Gasteiger partial charge in [0.1, 0.15) is 0 Å². The van der Waals surface area contributed by atoms with Crippen LogP contribution in [0.1, 0.15) is 5.69 Å². The second kappa shape index (κ2) is 4.09. The molecule has 0 aromatic carbocycles. The van der Waals surface area contributed by atoms with Crippen LogP contribution in [0.25, 0.3) is 0 Å². The van der Waals surface area contributed by atoms with Crippen LogP contribution >= 0.6 is 11.6 Å². The first kappa shape index (κ1) is 11.8. The number of hydrogen-bond donors (Lipinski definition) is 1. The van der Waals surface area contributed by atoms with E-state index in [1.165, 1.54) is 17.8 Å². The number of aromatic nitrogens is 2. The van der Waals surface area contributed by atoms with Crippen molar-refractivity contribution in [3.63, 3.8) is 0 Å². The SMILES string of the molecule is Cn1nc(Cl)cc1CNC(=O)C(F)(F)F. The highest BCUT2D eigenvalue weighted by molar-refractivity contribution is 6.29. The Kier molecular flexibility index (Phi) is 3.23. The topological polar surface area (TPSA) is 46.9 Å². The Bertz CT molecular complexity index is 374. The zero-order valence-corrected chi connectivity index (χ0v) is 8.35. The van der Waals surface area contributed by atoms with Gasteiger partial charge in [-0.05, 0) is 0 Å². The molecule has 0 unspecified atom stereocenters. The smallest absolute Gasteiger partial charge is 0.343 e. The van der Waals surface area contributed by atoms with Crippen LogP contribution in [0.15, 0.2) is 6.07 Å². The van der Waals surface area contributed by atoms with Crippen LogP contribution < -0.4 is 5.32 Å². The van der Waals surface area contributed by atoms with Crippen molar-refractivity contribution >= 4 is 17.5 Å². The highest BCUT2D eigenvalue weighted by atomic mass is 35.5. The fourth-order valence-electron chi connectivity index (χ4n) is 0.904. The largest absolute Gasteiger partial charge is 0.471 e. The van der Waals surface area contributed by atoms with Gasteiger partial charge in [0.2, 0.25) is 0 Å². The first-order valence-electron chi connectivity index (χ1n) is 3.84. The van der Waals surface area contributed by atoms with Gasteiger partial charge in [-0.2, -0.15) is 18.3 Å².